The largest absolute Gasteiger partial charge is 0.493 e. The van der Waals surface area contributed by atoms with E-state index in [1.165, 1.54) is 0 Å². The van der Waals surface area contributed by atoms with Gasteiger partial charge >= 0.3 is 0 Å². The van der Waals surface area contributed by atoms with Crippen LogP contribution < -0.4 is 9.64 Å². The Hall–Kier alpha value is -2.75. The van der Waals surface area contributed by atoms with Crippen LogP contribution in [0.15, 0.2) is 59.0 Å². The minimum Gasteiger partial charge on any atom is -0.493 e. The molecule has 0 atom stereocenters. The van der Waals surface area contributed by atoms with Crippen LogP contribution in [0.5, 0.6) is 5.75 Å². The number of amides is 1. The quantitative estimate of drug-likeness (QED) is 0.735. The van der Waals surface area contributed by atoms with Crippen molar-refractivity contribution in [3.63, 3.8) is 0 Å². The first-order valence-corrected chi connectivity index (χ1v) is 6.60. The van der Waals surface area contributed by atoms with Gasteiger partial charge in [0.15, 0.2) is 17.1 Å². The van der Waals surface area contributed by atoms with E-state index in [1.807, 2.05) is 42.5 Å². The first kappa shape index (κ1) is 13.2. The number of anilines is 1. The summed E-state index contributed by atoms with van der Waals surface area (Å²) in [5.41, 5.74) is 1.40. The summed E-state index contributed by atoms with van der Waals surface area (Å²) in [5.74, 6) is 0.717. The summed E-state index contributed by atoms with van der Waals surface area (Å²) >= 11 is 0. The molecule has 0 unspecified atom stereocenters. The zero-order valence-electron chi connectivity index (χ0n) is 11.9. The maximum Gasteiger partial charge on any atom is 0.293 e. The highest BCUT2D eigenvalue weighted by molar-refractivity contribution is 6.06. The molecule has 4 nitrogen and oxygen atoms in total. The molecule has 0 bridgehead atoms. The summed E-state index contributed by atoms with van der Waals surface area (Å²) in [7, 11) is 3.30. The number of ether oxygens (including phenoxy) is 1. The molecule has 1 amide bonds. The highest BCUT2D eigenvalue weighted by Crippen LogP contribution is 2.29. The fourth-order valence-electron chi connectivity index (χ4n) is 2.24. The van der Waals surface area contributed by atoms with Crippen LogP contribution in [-0.4, -0.2) is 20.1 Å². The van der Waals surface area contributed by atoms with E-state index in [9.17, 15) is 4.79 Å². The van der Waals surface area contributed by atoms with Crippen LogP contribution in [0.2, 0.25) is 0 Å². The monoisotopic (exact) mass is 281 g/mol. The van der Waals surface area contributed by atoms with Gasteiger partial charge in [-0.3, -0.25) is 4.79 Å². The Morgan fingerprint density at radius 2 is 1.86 bits per heavy atom. The van der Waals surface area contributed by atoms with E-state index < -0.39 is 0 Å². The number of carbonyl (C=O) groups excluding carboxylic acids is 1. The van der Waals surface area contributed by atoms with E-state index in [1.54, 1.807) is 31.2 Å². The number of benzene rings is 2. The number of hydrogen-bond acceptors (Lipinski definition) is 3. The van der Waals surface area contributed by atoms with Crippen molar-refractivity contribution >= 4 is 22.6 Å². The summed E-state index contributed by atoms with van der Waals surface area (Å²) in [6.07, 6.45) is 0. The third-order valence-electron chi connectivity index (χ3n) is 3.39. The molecule has 0 fully saturated rings. The molecule has 4 heteroatoms. The van der Waals surface area contributed by atoms with Crippen molar-refractivity contribution in [3.05, 3.63) is 60.4 Å². The van der Waals surface area contributed by atoms with Crippen LogP contribution in [0.3, 0.4) is 0 Å². The molecule has 0 saturated carbocycles. The van der Waals surface area contributed by atoms with Gasteiger partial charge in [-0.05, 0) is 24.3 Å². The smallest absolute Gasteiger partial charge is 0.293 e. The van der Waals surface area contributed by atoms with Gasteiger partial charge in [0.1, 0.15) is 0 Å². The summed E-state index contributed by atoms with van der Waals surface area (Å²) in [5, 5.41) is 0.846. The number of para-hydroxylation sites is 2. The van der Waals surface area contributed by atoms with Crippen molar-refractivity contribution in [1.82, 2.24) is 0 Å². The third-order valence-corrected chi connectivity index (χ3v) is 3.39. The topological polar surface area (TPSA) is 42.7 Å². The average molecular weight is 281 g/mol. The number of rotatable bonds is 3. The summed E-state index contributed by atoms with van der Waals surface area (Å²) in [6, 6.07) is 16.7. The predicted octanol–water partition coefficient (Wildman–Crippen LogP) is 3.72. The molecule has 1 aromatic heterocycles. The van der Waals surface area contributed by atoms with Crippen molar-refractivity contribution in [2.24, 2.45) is 0 Å². The minimum atomic E-state index is -0.195. The highest BCUT2D eigenvalue weighted by Gasteiger charge is 2.19. The lowest BCUT2D eigenvalue weighted by atomic mass is 10.2. The fourth-order valence-corrected chi connectivity index (χ4v) is 2.24. The second-order valence-electron chi connectivity index (χ2n) is 4.69. The average Bonchev–Trinajstić information content (AvgIpc) is 2.98. The Morgan fingerprint density at radius 1 is 1.10 bits per heavy atom. The number of furan rings is 1. The second-order valence-corrected chi connectivity index (χ2v) is 4.69. The van der Waals surface area contributed by atoms with Crippen molar-refractivity contribution in [3.8, 4) is 5.75 Å². The highest BCUT2D eigenvalue weighted by atomic mass is 16.5. The fraction of sp³-hybridized carbons (Fsp3) is 0.118. The van der Waals surface area contributed by atoms with Gasteiger partial charge in [0, 0.05) is 18.1 Å². The molecule has 106 valence electrons. The molecule has 21 heavy (non-hydrogen) atoms. The molecule has 3 aromatic rings. The first-order valence-electron chi connectivity index (χ1n) is 6.60. The zero-order chi connectivity index (χ0) is 14.8. The molecular formula is C17H15NO3. The van der Waals surface area contributed by atoms with Crippen LogP contribution in [0.1, 0.15) is 10.6 Å². The summed E-state index contributed by atoms with van der Waals surface area (Å²) < 4.78 is 10.9. The van der Waals surface area contributed by atoms with Gasteiger partial charge in [-0.15, -0.1) is 0 Å². The van der Waals surface area contributed by atoms with E-state index in [-0.39, 0.29) is 5.91 Å². The Labute approximate surface area is 122 Å². The molecule has 0 spiro atoms. The maximum atomic E-state index is 12.5. The standard InChI is InChI=1S/C17H15NO3/c1-18(13-8-4-3-5-9-13)17(19)15-11-12-7-6-10-14(20-2)16(12)21-15/h3-11H,1-2H3. The zero-order valence-corrected chi connectivity index (χ0v) is 11.9. The molecule has 0 aliphatic carbocycles. The molecular weight excluding hydrogens is 266 g/mol. The molecule has 0 saturated heterocycles. The Morgan fingerprint density at radius 3 is 2.57 bits per heavy atom. The number of methoxy groups -OCH3 is 1. The number of nitrogens with zero attached hydrogens (tertiary/aromatic N) is 1. The van der Waals surface area contributed by atoms with Gasteiger partial charge in [-0.2, -0.15) is 0 Å². The minimum absolute atomic E-state index is 0.195. The molecule has 3 rings (SSSR count). The van der Waals surface area contributed by atoms with Crippen molar-refractivity contribution < 1.29 is 13.9 Å². The SMILES string of the molecule is COc1cccc2cc(C(=O)N(C)c3ccccc3)oc12. The van der Waals surface area contributed by atoms with Gasteiger partial charge in [0.05, 0.1) is 7.11 Å². The number of hydrogen-bond donors (Lipinski definition) is 0. The van der Waals surface area contributed by atoms with Gasteiger partial charge < -0.3 is 14.1 Å². The van der Waals surface area contributed by atoms with Crippen LogP contribution >= 0.6 is 0 Å². The van der Waals surface area contributed by atoms with Crippen LogP contribution in [0.25, 0.3) is 11.0 Å². The van der Waals surface area contributed by atoms with Gasteiger partial charge in [-0.1, -0.05) is 30.3 Å². The Bertz CT molecular complexity index is 777. The molecule has 0 aliphatic rings. The van der Waals surface area contributed by atoms with Crippen molar-refractivity contribution in [2.45, 2.75) is 0 Å². The van der Waals surface area contributed by atoms with Crippen molar-refractivity contribution in [1.29, 1.82) is 0 Å². The molecule has 0 radical (unpaired) electrons. The predicted molar refractivity (Wildman–Crippen MR) is 81.9 cm³/mol. The number of carbonyl (C=O) groups is 1. The van der Waals surface area contributed by atoms with E-state index >= 15 is 0 Å². The third kappa shape index (κ3) is 2.36. The maximum absolute atomic E-state index is 12.5. The van der Waals surface area contributed by atoms with E-state index in [2.05, 4.69) is 0 Å². The van der Waals surface area contributed by atoms with E-state index in [0.717, 1.165) is 11.1 Å². The van der Waals surface area contributed by atoms with E-state index in [4.69, 9.17) is 9.15 Å². The van der Waals surface area contributed by atoms with Gasteiger partial charge in [0.2, 0.25) is 0 Å². The normalized spacial score (nSPS) is 10.6. The summed E-state index contributed by atoms with van der Waals surface area (Å²) in [4.78, 5) is 14.1. The lowest BCUT2D eigenvalue weighted by molar-refractivity contribution is 0.0968. The molecule has 2 aromatic carbocycles. The lowest BCUT2D eigenvalue weighted by Crippen LogP contribution is -2.25. The van der Waals surface area contributed by atoms with Crippen LogP contribution in [0.4, 0.5) is 5.69 Å². The van der Waals surface area contributed by atoms with E-state index in [0.29, 0.717) is 17.1 Å². The van der Waals surface area contributed by atoms with Crippen LogP contribution in [-0.2, 0) is 0 Å². The Kier molecular flexibility index (Phi) is 3.36. The van der Waals surface area contributed by atoms with Crippen LogP contribution in [0, 0.1) is 0 Å². The first-order chi connectivity index (χ1) is 10.2. The van der Waals surface area contributed by atoms with Gasteiger partial charge in [0.25, 0.3) is 5.91 Å². The molecule has 1 heterocycles. The van der Waals surface area contributed by atoms with Gasteiger partial charge in [-0.25, -0.2) is 0 Å². The lowest BCUT2D eigenvalue weighted by Gasteiger charge is -2.15. The number of fused-ring (bicyclic) bond motifs is 1. The molecule has 0 aliphatic heterocycles. The van der Waals surface area contributed by atoms with Crippen molar-refractivity contribution in [2.75, 3.05) is 19.1 Å². The Balaban J connectivity index is 1.99. The second kappa shape index (κ2) is 5.32. The summed E-state index contributed by atoms with van der Waals surface area (Å²) in [6.45, 7) is 0. The molecule has 0 N–H and O–H groups in total.